The Bertz CT molecular complexity index is 870. The van der Waals surface area contributed by atoms with Gasteiger partial charge in [-0.3, -0.25) is 4.90 Å². The van der Waals surface area contributed by atoms with Gasteiger partial charge in [-0.2, -0.15) is 0 Å². The molecule has 160 valence electrons. The van der Waals surface area contributed by atoms with Crippen LogP contribution in [0, 0.1) is 11.8 Å². The van der Waals surface area contributed by atoms with E-state index in [1.54, 1.807) is 13.3 Å². The van der Waals surface area contributed by atoms with Crippen LogP contribution in [0.5, 0.6) is 0 Å². The second kappa shape index (κ2) is 9.87. The Balaban J connectivity index is 1.78. The van der Waals surface area contributed by atoms with E-state index >= 15 is 0 Å². The van der Waals surface area contributed by atoms with Crippen molar-refractivity contribution in [1.29, 1.82) is 0 Å². The predicted molar refractivity (Wildman–Crippen MR) is 114 cm³/mol. The molecule has 7 heteroatoms. The van der Waals surface area contributed by atoms with Crippen LogP contribution in [0.2, 0.25) is 0 Å². The fraction of sp³-hybridized carbons (Fsp3) is 0.591. The van der Waals surface area contributed by atoms with E-state index in [0.29, 0.717) is 18.4 Å². The minimum atomic E-state index is -3.51. The van der Waals surface area contributed by atoms with Crippen LogP contribution in [-0.4, -0.2) is 49.7 Å². The van der Waals surface area contributed by atoms with Crippen LogP contribution in [0.25, 0.3) is 0 Å². The highest BCUT2D eigenvalue weighted by Crippen LogP contribution is 2.23. The van der Waals surface area contributed by atoms with Crippen LogP contribution in [0.4, 0.5) is 0 Å². The highest BCUT2D eigenvalue weighted by Gasteiger charge is 2.26. The van der Waals surface area contributed by atoms with Gasteiger partial charge in [0.25, 0.3) is 0 Å². The van der Waals surface area contributed by atoms with Gasteiger partial charge >= 0.3 is 0 Å². The average Bonchev–Trinajstić information content (AvgIpc) is 3.06. The van der Waals surface area contributed by atoms with Crippen molar-refractivity contribution in [2.24, 2.45) is 11.8 Å². The molecular formula is C22H33N3O3S. The summed E-state index contributed by atoms with van der Waals surface area (Å²) < 4.78 is 33.4. The summed E-state index contributed by atoms with van der Waals surface area (Å²) in [4.78, 5) is 6.77. The third kappa shape index (κ3) is 5.90. The summed E-state index contributed by atoms with van der Waals surface area (Å²) in [5, 5.41) is 0.194. The van der Waals surface area contributed by atoms with Gasteiger partial charge in [0.15, 0.2) is 0 Å². The summed E-state index contributed by atoms with van der Waals surface area (Å²) in [7, 11) is -1.75. The lowest BCUT2D eigenvalue weighted by atomic mass is 9.98. The number of aromatic nitrogens is 2. The standard InChI is InChI=1S/C22H33N3O3S/c1-18(2)14-25-21(15-24-11-9-19(10-12-24)16-28-3)13-23-22(25)29(26,27)17-20-7-5-4-6-8-20/h4-8,13,18-19H,9-12,14-17H2,1-3H3. The lowest BCUT2D eigenvalue weighted by Crippen LogP contribution is -2.35. The maximum absolute atomic E-state index is 13.1. The van der Waals surface area contributed by atoms with E-state index in [1.165, 1.54) is 0 Å². The number of benzene rings is 1. The van der Waals surface area contributed by atoms with Crippen molar-refractivity contribution >= 4 is 9.84 Å². The first-order chi connectivity index (χ1) is 13.9. The van der Waals surface area contributed by atoms with Crippen molar-refractivity contribution in [3.8, 4) is 0 Å². The molecule has 0 aliphatic carbocycles. The first kappa shape index (κ1) is 22.0. The molecule has 6 nitrogen and oxygen atoms in total. The van der Waals surface area contributed by atoms with E-state index in [-0.39, 0.29) is 10.9 Å². The molecule has 29 heavy (non-hydrogen) atoms. The van der Waals surface area contributed by atoms with E-state index in [9.17, 15) is 8.42 Å². The Hall–Kier alpha value is -1.70. The number of imidazole rings is 1. The molecule has 3 rings (SSSR count). The van der Waals surface area contributed by atoms with Crippen LogP contribution in [0.15, 0.2) is 41.7 Å². The number of sulfone groups is 1. The SMILES string of the molecule is COCC1CCN(Cc2cnc(S(=O)(=O)Cc3ccccc3)n2CC(C)C)CC1. The average molecular weight is 420 g/mol. The summed E-state index contributed by atoms with van der Waals surface area (Å²) in [6.45, 7) is 8.43. The fourth-order valence-electron chi connectivity index (χ4n) is 3.96. The molecule has 1 aromatic heterocycles. The molecule has 0 N–H and O–H groups in total. The maximum atomic E-state index is 13.1. The molecule has 0 bridgehead atoms. The summed E-state index contributed by atoms with van der Waals surface area (Å²) in [6, 6.07) is 9.31. The fourth-order valence-corrected chi connectivity index (χ4v) is 5.46. The van der Waals surface area contributed by atoms with Crippen LogP contribution < -0.4 is 0 Å². The van der Waals surface area contributed by atoms with Gasteiger partial charge in [-0.05, 0) is 43.3 Å². The van der Waals surface area contributed by atoms with E-state index in [4.69, 9.17) is 4.74 Å². The van der Waals surface area contributed by atoms with Gasteiger partial charge in [-0.1, -0.05) is 44.2 Å². The molecule has 0 amide bonds. The number of hydrogen-bond donors (Lipinski definition) is 0. The molecule has 0 saturated carbocycles. The smallest absolute Gasteiger partial charge is 0.228 e. The Labute approximate surface area is 174 Å². The predicted octanol–water partition coefficient (Wildman–Crippen LogP) is 3.37. The quantitative estimate of drug-likeness (QED) is 0.623. The van der Waals surface area contributed by atoms with Crippen molar-refractivity contribution in [1.82, 2.24) is 14.5 Å². The summed E-state index contributed by atoms with van der Waals surface area (Å²) in [5.41, 5.74) is 1.77. The lowest BCUT2D eigenvalue weighted by Gasteiger charge is -2.31. The lowest BCUT2D eigenvalue weighted by molar-refractivity contribution is 0.0956. The summed E-state index contributed by atoms with van der Waals surface area (Å²) in [6.07, 6.45) is 3.98. The summed E-state index contributed by atoms with van der Waals surface area (Å²) in [5.74, 6) is 0.935. The van der Waals surface area contributed by atoms with Gasteiger partial charge in [0.2, 0.25) is 15.0 Å². The van der Waals surface area contributed by atoms with Gasteiger partial charge in [-0.25, -0.2) is 13.4 Å². The Morgan fingerprint density at radius 1 is 1.17 bits per heavy atom. The maximum Gasteiger partial charge on any atom is 0.228 e. The number of ether oxygens (including phenoxy) is 1. The van der Waals surface area contributed by atoms with Gasteiger partial charge in [0.1, 0.15) is 0 Å². The zero-order chi connectivity index (χ0) is 20.9. The molecule has 0 atom stereocenters. The number of nitrogens with zero attached hydrogens (tertiary/aromatic N) is 3. The normalized spacial score (nSPS) is 16.6. The first-order valence-corrected chi connectivity index (χ1v) is 12.1. The first-order valence-electron chi connectivity index (χ1n) is 10.4. The van der Waals surface area contributed by atoms with Crippen LogP contribution in [0.1, 0.15) is 37.9 Å². The van der Waals surface area contributed by atoms with Crippen molar-refractivity contribution in [3.63, 3.8) is 0 Å². The molecular weight excluding hydrogens is 386 g/mol. The molecule has 0 unspecified atom stereocenters. The zero-order valence-electron chi connectivity index (χ0n) is 17.8. The largest absolute Gasteiger partial charge is 0.384 e. The van der Waals surface area contributed by atoms with Crippen LogP contribution >= 0.6 is 0 Å². The van der Waals surface area contributed by atoms with Crippen LogP contribution in [-0.2, 0) is 33.4 Å². The molecule has 2 heterocycles. The molecule has 1 aromatic carbocycles. The second-order valence-electron chi connectivity index (χ2n) is 8.46. The third-order valence-electron chi connectivity index (χ3n) is 5.42. The summed E-state index contributed by atoms with van der Waals surface area (Å²) >= 11 is 0. The molecule has 1 aliphatic rings. The van der Waals surface area contributed by atoms with Gasteiger partial charge < -0.3 is 9.30 Å². The number of methoxy groups -OCH3 is 1. The minimum Gasteiger partial charge on any atom is -0.384 e. The van der Waals surface area contributed by atoms with E-state index in [0.717, 1.165) is 50.3 Å². The van der Waals surface area contributed by atoms with E-state index in [1.807, 2.05) is 34.9 Å². The van der Waals surface area contributed by atoms with Crippen molar-refractivity contribution in [2.75, 3.05) is 26.8 Å². The van der Waals surface area contributed by atoms with Gasteiger partial charge in [0, 0.05) is 26.8 Å². The Morgan fingerprint density at radius 3 is 2.48 bits per heavy atom. The number of hydrogen-bond acceptors (Lipinski definition) is 5. The Morgan fingerprint density at radius 2 is 1.86 bits per heavy atom. The second-order valence-corrected chi connectivity index (χ2v) is 10.3. The topological polar surface area (TPSA) is 64.4 Å². The van der Waals surface area contributed by atoms with Gasteiger partial charge in [-0.15, -0.1) is 0 Å². The highest BCUT2D eigenvalue weighted by molar-refractivity contribution is 7.90. The molecule has 0 radical (unpaired) electrons. The number of likely N-dealkylation sites (tertiary alicyclic amines) is 1. The zero-order valence-corrected chi connectivity index (χ0v) is 18.6. The molecule has 2 aromatic rings. The third-order valence-corrected chi connectivity index (χ3v) is 7.02. The minimum absolute atomic E-state index is 0.0230. The molecule has 1 aliphatic heterocycles. The molecule has 0 spiro atoms. The van der Waals surface area contributed by atoms with Crippen LogP contribution in [0.3, 0.4) is 0 Å². The molecule has 1 saturated heterocycles. The number of piperidine rings is 1. The monoisotopic (exact) mass is 419 g/mol. The van der Waals surface area contributed by atoms with Crippen molar-refractivity contribution in [3.05, 3.63) is 47.8 Å². The Kier molecular flexibility index (Phi) is 7.49. The van der Waals surface area contributed by atoms with Gasteiger partial charge in [0.05, 0.1) is 17.6 Å². The molecule has 1 fully saturated rings. The van der Waals surface area contributed by atoms with E-state index in [2.05, 4.69) is 23.7 Å². The number of rotatable bonds is 9. The van der Waals surface area contributed by atoms with Crippen molar-refractivity contribution in [2.45, 2.75) is 50.7 Å². The van der Waals surface area contributed by atoms with Crippen molar-refractivity contribution < 1.29 is 13.2 Å². The van der Waals surface area contributed by atoms with E-state index < -0.39 is 9.84 Å². The highest BCUT2D eigenvalue weighted by atomic mass is 32.2.